The Bertz CT molecular complexity index is 480. The second kappa shape index (κ2) is 3.25. The third kappa shape index (κ3) is 1.41. The van der Waals surface area contributed by atoms with Gasteiger partial charge in [0.25, 0.3) is 0 Å². The van der Waals surface area contributed by atoms with Crippen LogP contribution in [0, 0.1) is 10.5 Å². The van der Waals surface area contributed by atoms with Gasteiger partial charge >= 0.3 is 0 Å². The third-order valence-corrected chi connectivity index (χ3v) is 3.28. The Kier molecular flexibility index (Phi) is 2.37. The van der Waals surface area contributed by atoms with E-state index >= 15 is 0 Å². The molecule has 0 aliphatic rings. The standard InChI is InChI=1S/C7H4Cl2IN3/c1-3-5(8)12-7-4(10)2-11-13(7)6(3)9/h2H,1H3. The van der Waals surface area contributed by atoms with Gasteiger partial charge in [0.1, 0.15) is 10.3 Å². The van der Waals surface area contributed by atoms with E-state index < -0.39 is 0 Å². The summed E-state index contributed by atoms with van der Waals surface area (Å²) in [7, 11) is 0. The molecule has 0 aliphatic heterocycles. The van der Waals surface area contributed by atoms with Gasteiger partial charge in [0, 0.05) is 5.56 Å². The molecule has 0 saturated heterocycles. The van der Waals surface area contributed by atoms with E-state index in [0.717, 1.165) is 9.13 Å². The van der Waals surface area contributed by atoms with Gasteiger partial charge in [-0.1, -0.05) is 23.2 Å². The Morgan fingerprint density at radius 2 is 2.15 bits per heavy atom. The van der Waals surface area contributed by atoms with Gasteiger partial charge in [-0.25, -0.2) is 9.50 Å². The molecule has 2 aromatic rings. The maximum absolute atomic E-state index is 6.02. The van der Waals surface area contributed by atoms with Gasteiger partial charge in [0.05, 0.1) is 9.77 Å². The van der Waals surface area contributed by atoms with Gasteiger partial charge in [0.2, 0.25) is 0 Å². The highest BCUT2D eigenvalue weighted by molar-refractivity contribution is 14.1. The van der Waals surface area contributed by atoms with Crippen molar-refractivity contribution in [2.75, 3.05) is 0 Å². The van der Waals surface area contributed by atoms with Crippen LogP contribution in [0.25, 0.3) is 5.65 Å². The van der Waals surface area contributed by atoms with Crippen LogP contribution in [0.1, 0.15) is 5.56 Å². The maximum Gasteiger partial charge on any atom is 0.171 e. The molecule has 0 saturated carbocycles. The smallest absolute Gasteiger partial charge is 0.171 e. The minimum absolute atomic E-state index is 0.427. The maximum atomic E-state index is 6.02. The van der Waals surface area contributed by atoms with Crippen LogP contribution in [-0.4, -0.2) is 14.6 Å². The summed E-state index contributed by atoms with van der Waals surface area (Å²) in [4.78, 5) is 4.17. The molecule has 2 heterocycles. The molecule has 0 bridgehead atoms. The van der Waals surface area contributed by atoms with Gasteiger partial charge in [-0.2, -0.15) is 5.10 Å². The number of fused-ring (bicyclic) bond motifs is 1. The second-order valence-corrected chi connectivity index (χ2v) is 4.42. The van der Waals surface area contributed by atoms with Gasteiger partial charge in [-0.15, -0.1) is 0 Å². The Morgan fingerprint density at radius 1 is 1.46 bits per heavy atom. The van der Waals surface area contributed by atoms with Crippen molar-refractivity contribution in [1.29, 1.82) is 0 Å². The van der Waals surface area contributed by atoms with Crippen molar-refractivity contribution in [3.63, 3.8) is 0 Å². The molecule has 0 radical (unpaired) electrons. The molecule has 0 aliphatic carbocycles. The first kappa shape index (κ1) is 9.48. The number of rotatable bonds is 0. The van der Waals surface area contributed by atoms with E-state index in [0.29, 0.717) is 16.0 Å². The number of aromatic nitrogens is 3. The molecule has 13 heavy (non-hydrogen) atoms. The second-order valence-electron chi connectivity index (χ2n) is 2.55. The molecule has 0 amide bonds. The molecule has 2 aromatic heterocycles. The quantitative estimate of drug-likeness (QED) is 0.550. The lowest BCUT2D eigenvalue weighted by Crippen LogP contribution is -1.96. The molecule has 0 fully saturated rings. The van der Waals surface area contributed by atoms with Crippen LogP contribution >= 0.6 is 45.8 Å². The fourth-order valence-electron chi connectivity index (χ4n) is 0.987. The highest BCUT2D eigenvalue weighted by Crippen LogP contribution is 2.24. The van der Waals surface area contributed by atoms with Crippen LogP contribution < -0.4 is 0 Å². The average Bonchev–Trinajstić information content (AvgIpc) is 2.45. The lowest BCUT2D eigenvalue weighted by Gasteiger charge is -2.02. The van der Waals surface area contributed by atoms with Crippen LogP contribution in [0.2, 0.25) is 10.3 Å². The molecule has 0 unspecified atom stereocenters. The Labute approximate surface area is 98.2 Å². The van der Waals surface area contributed by atoms with Crippen molar-refractivity contribution in [1.82, 2.24) is 14.6 Å². The predicted octanol–water partition coefficient (Wildman–Crippen LogP) is 2.95. The summed E-state index contributed by atoms with van der Waals surface area (Å²) in [5.74, 6) is 0. The van der Waals surface area contributed by atoms with E-state index in [4.69, 9.17) is 23.2 Å². The van der Waals surface area contributed by atoms with Crippen molar-refractivity contribution in [2.24, 2.45) is 0 Å². The predicted molar refractivity (Wildman–Crippen MR) is 60.5 cm³/mol. The van der Waals surface area contributed by atoms with Gasteiger partial charge in [-0.05, 0) is 29.5 Å². The SMILES string of the molecule is Cc1c(Cl)nc2c(I)cnn2c1Cl. The molecule has 0 spiro atoms. The van der Waals surface area contributed by atoms with E-state index in [2.05, 4.69) is 32.7 Å². The van der Waals surface area contributed by atoms with Gasteiger partial charge in [0.15, 0.2) is 5.65 Å². The first-order valence-electron chi connectivity index (χ1n) is 3.46. The van der Waals surface area contributed by atoms with Crippen molar-refractivity contribution >= 4 is 51.4 Å². The lowest BCUT2D eigenvalue weighted by molar-refractivity contribution is 0.929. The fraction of sp³-hybridized carbons (Fsp3) is 0.143. The fourth-order valence-corrected chi connectivity index (χ4v) is 1.89. The monoisotopic (exact) mass is 327 g/mol. The molecule has 2 rings (SSSR count). The van der Waals surface area contributed by atoms with Crippen LogP contribution in [0.15, 0.2) is 6.20 Å². The third-order valence-electron chi connectivity index (χ3n) is 1.71. The Hall–Kier alpha value is -0.0700. The largest absolute Gasteiger partial charge is 0.215 e. The van der Waals surface area contributed by atoms with Crippen LogP contribution in [0.5, 0.6) is 0 Å². The van der Waals surface area contributed by atoms with Crippen LogP contribution in [0.3, 0.4) is 0 Å². The summed E-state index contributed by atoms with van der Waals surface area (Å²) in [6.45, 7) is 1.81. The summed E-state index contributed by atoms with van der Waals surface area (Å²) in [6.07, 6.45) is 1.70. The first-order valence-corrected chi connectivity index (χ1v) is 5.29. The number of hydrogen-bond donors (Lipinski definition) is 0. The summed E-state index contributed by atoms with van der Waals surface area (Å²) in [5, 5.41) is 5.01. The zero-order valence-corrected chi connectivity index (χ0v) is 10.2. The highest BCUT2D eigenvalue weighted by Gasteiger charge is 2.11. The highest BCUT2D eigenvalue weighted by atomic mass is 127. The van der Waals surface area contributed by atoms with Crippen LogP contribution in [0.4, 0.5) is 0 Å². The Morgan fingerprint density at radius 3 is 2.85 bits per heavy atom. The van der Waals surface area contributed by atoms with E-state index in [9.17, 15) is 0 Å². The molecule has 68 valence electrons. The summed E-state index contributed by atoms with van der Waals surface area (Å²) < 4.78 is 2.51. The van der Waals surface area contributed by atoms with Gasteiger partial charge in [-0.3, -0.25) is 0 Å². The minimum Gasteiger partial charge on any atom is -0.215 e. The molecule has 0 N–H and O–H groups in total. The first-order chi connectivity index (χ1) is 6.11. The average molecular weight is 328 g/mol. The zero-order valence-electron chi connectivity index (χ0n) is 6.55. The van der Waals surface area contributed by atoms with Gasteiger partial charge < -0.3 is 0 Å². The lowest BCUT2D eigenvalue weighted by atomic mass is 10.4. The molecular weight excluding hydrogens is 324 g/mol. The zero-order chi connectivity index (χ0) is 9.59. The molecule has 0 aromatic carbocycles. The number of halogens is 3. The van der Waals surface area contributed by atoms with Crippen LogP contribution in [-0.2, 0) is 0 Å². The normalized spacial score (nSPS) is 11.1. The van der Waals surface area contributed by atoms with Crippen molar-refractivity contribution < 1.29 is 0 Å². The summed E-state index contributed by atoms with van der Waals surface area (Å²) >= 11 is 14.0. The molecule has 0 atom stereocenters. The Balaban J connectivity index is 2.96. The summed E-state index contributed by atoms with van der Waals surface area (Å²) in [6, 6.07) is 0. The minimum atomic E-state index is 0.427. The number of hydrogen-bond acceptors (Lipinski definition) is 2. The van der Waals surface area contributed by atoms with Crippen molar-refractivity contribution in [2.45, 2.75) is 6.92 Å². The van der Waals surface area contributed by atoms with E-state index in [1.54, 1.807) is 10.7 Å². The number of nitrogens with zero attached hydrogens (tertiary/aromatic N) is 3. The summed E-state index contributed by atoms with van der Waals surface area (Å²) in [5.41, 5.74) is 1.44. The molecular formula is C7H4Cl2IN3. The molecule has 6 heteroatoms. The van der Waals surface area contributed by atoms with E-state index in [-0.39, 0.29) is 0 Å². The topological polar surface area (TPSA) is 30.2 Å². The van der Waals surface area contributed by atoms with E-state index in [1.165, 1.54) is 0 Å². The van der Waals surface area contributed by atoms with Crippen molar-refractivity contribution in [3.8, 4) is 0 Å². The molecule has 3 nitrogen and oxygen atoms in total. The van der Waals surface area contributed by atoms with Crippen molar-refractivity contribution in [3.05, 3.63) is 25.6 Å². The van der Waals surface area contributed by atoms with E-state index in [1.807, 2.05) is 6.92 Å².